The van der Waals surface area contributed by atoms with Crippen LogP contribution in [0.2, 0.25) is 0 Å². The Balaban J connectivity index is 1.68. The van der Waals surface area contributed by atoms with Crippen LogP contribution < -0.4 is 10.6 Å². The molecule has 0 heterocycles. The minimum absolute atomic E-state index is 0.0180. The zero-order chi connectivity index (χ0) is 21.1. The van der Waals surface area contributed by atoms with Crippen molar-refractivity contribution in [2.75, 3.05) is 10.6 Å². The van der Waals surface area contributed by atoms with E-state index in [1.807, 2.05) is 32.0 Å². The lowest BCUT2D eigenvalue weighted by Gasteiger charge is -2.15. The monoisotopic (exact) mass is 397 g/mol. The lowest BCUT2D eigenvalue weighted by atomic mass is 10.1. The number of esters is 1. The quantitative estimate of drug-likeness (QED) is 0.415. The van der Waals surface area contributed by atoms with E-state index in [0.29, 0.717) is 11.4 Å². The summed E-state index contributed by atoms with van der Waals surface area (Å²) in [6.07, 6.45) is 0.868. The maximum absolute atomic E-state index is 12.4. The summed E-state index contributed by atoms with van der Waals surface area (Å²) < 4.78 is 5.21. The lowest BCUT2D eigenvalue weighted by molar-refractivity contribution is -0.384. The molecule has 1 aliphatic carbocycles. The molecule has 29 heavy (non-hydrogen) atoms. The van der Waals surface area contributed by atoms with Crippen molar-refractivity contribution in [1.29, 1.82) is 0 Å². The third-order valence-electron chi connectivity index (χ3n) is 4.67. The average Bonchev–Trinajstić information content (AvgIpc) is 3.48. The number of carbonyl (C=O) groups is 2. The van der Waals surface area contributed by atoms with E-state index in [1.54, 1.807) is 0 Å². The van der Waals surface area contributed by atoms with Gasteiger partial charge >= 0.3 is 5.97 Å². The molecule has 2 N–H and O–H groups in total. The van der Waals surface area contributed by atoms with Crippen molar-refractivity contribution in [2.24, 2.45) is 0 Å². The van der Waals surface area contributed by atoms with Crippen LogP contribution in [0.1, 0.15) is 41.3 Å². The van der Waals surface area contributed by atoms with Crippen LogP contribution in [-0.4, -0.2) is 28.9 Å². The van der Waals surface area contributed by atoms with E-state index >= 15 is 0 Å². The van der Waals surface area contributed by atoms with Gasteiger partial charge in [-0.05, 0) is 62.9 Å². The molecule has 1 amide bonds. The third kappa shape index (κ3) is 5.10. The fourth-order valence-corrected chi connectivity index (χ4v) is 2.77. The van der Waals surface area contributed by atoms with Gasteiger partial charge < -0.3 is 15.4 Å². The van der Waals surface area contributed by atoms with Crippen LogP contribution in [0.15, 0.2) is 36.4 Å². The summed E-state index contributed by atoms with van der Waals surface area (Å²) in [7, 11) is 0. The number of nitrogens with zero attached hydrogens (tertiary/aromatic N) is 1. The first-order chi connectivity index (χ1) is 13.7. The molecule has 2 aromatic rings. The number of hydrogen-bond donors (Lipinski definition) is 2. The van der Waals surface area contributed by atoms with Crippen LogP contribution in [0.25, 0.3) is 0 Å². The molecule has 3 rings (SSSR count). The first-order valence-corrected chi connectivity index (χ1v) is 9.38. The van der Waals surface area contributed by atoms with Gasteiger partial charge in [-0.25, -0.2) is 4.79 Å². The van der Waals surface area contributed by atoms with Gasteiger partial charge in [0.15, 0.2) is 6.10 Å². The second-order valence-corrected chi connectivity index (χ2v) is 7.26. The number of nitrogens with one attached hydrogen (secondary N) is 2. The highest BCUT2D eigenvalue weighted by molar-refractivity contribution is 5.98. The third-order valence-corrected chi connectivity index (χ3v) is 4.67. The Bertz CT molecular complexity index is 969. The van der Waals surface area contributed by atoms with Crippen molar-refractivity contribution >= 4 is 28.9 Å². The summed E-state index contributed by atoms with van der Waals surface area (Å²) in [5, 5.41) is 17.2. The zero-order valence-electron chi connectivity index (χ0n) is 16.5. The fourth-order valence-electron chi connectivity index (χ4n) is 2.77. The molecule has 2 aromatic carbocycles. The molecule has 152 valence electrons. The molecule has 0 bridgehead atoms. The first-order valence-electron chi connectivity index (χ1n) is 9.38. The van der Waals surface area contributed by atoms with Crippen LogP contribution >= 0.6 is 0 Å². The fraction of sp³-hybridized carbons (Fsp3) is 0.333. The van der Waals surface area contributed by atoms with E-state index in [1.165, 1.54) is 25.1 Å². The first kappa shape index (κ1) is 20.3. The van der Waals surface area contributed by atoms with Gasteiger partial charge in [0, 0.05) is 17.8 Å². The summed E-state index contributed by atoms with van der Waals surface area (Å²) in [5.41, 5.74) is 2.71. The molecule has 0 unspecified atom stereocenters. The predicted molar refractivity (Wildman–Crippen MR) is 109 cm³/mol. The smallest absolute Gasteiger partial charge is 0.339 e. The number of nitro benzene ring substituents is 1. The van der Waals surface area contributed by atoms with E-state index < -0.39 is 22.9 Å². The second-order valence-electron chi connectivity index (χ2n) is 7.26. The number of anilines is 2. The van der Waals surface area contributed by atoms with Crippen molar-refractivity contribution in [1.82, 2.24) is 0 Å². The van der Waals surface area contributed by atoms with Gasteiger partial charge in [0.1, 0.15) is 5.69 Å². The zero-order valence-corrected chi connectivity index (χ0v) is 16.5. The van der Waals surface area contributed by atoms with E-state index in [4.69, 9.17) is 4.74 Å². The van der Waals surface area contributed by atoms with Gasteiger partial charge in [0.05, 0.1) is 10.5 Å². The summed E-state index contributed by atoms with van der Waals surface area (Å²) in [5.74, 6) is -1.27. The Hall–Kier alpha value is -3.42. The number of ether oxygens (including phenoxy) is 1. The lowest BCUT2D eigenvalue weighted by Crippen LogP contribution is -2.30. The molecular formula is C21H23N3O5. The van der Waals surface area contributed by atoms with E-state index in [2.05, 4.69) is 10.6 Å². The van der Waals surface area contributed by atoms with Gasteiger partial charge in [-0.1, -0.05) is 12.1 Å². The maximum atomic E-state index is 12.4. The second kappa shape index (κ2) is 8.30. The average molecular weight is 397 g/mol. The molecule has 0 aliphatic heterocycles. The molecule has 1 saturated carbocycles. The minimum atomic E-state index is -1.06. The number of rotatable bonds is 7. The molecule has 0 spiro atoms. The number of nitro groups is 1. The summed E-state index contributed by atoms with van der Waals surface area (Å²) in [4.78, 5) is 35.6. The number of carbonyl (C=O) groups excluding carboxylic acids is 2. The van der Waals surface area contributed by atoms with E-state index in [9.17, 15) is 19.7 Å². The van der Waals surface area contributed by atoms with Crippen molar-refractivity contribution in [3.8, 4) is 0 Å². The summed E-state index contributed by atoms with van der Waals surface area (Å²) in [6, 6.07) is 10.0. The molecule has 1 fully saturated rings. The molecule has 1 atom stereocenters. The van der Waals surface area contributed by atoms with Crippen LogP contribution in [0.3, 0.4) is 0 Å². The predicted octanol–water partition coefficient (Wildman–Crippen LogP) is 3.97. The molecule has 8 heteroatoms. The van der Waals surface area contributed by atoms with Gasteiger partial charge in [0.25, 0.3) is 11.6 Å². The minimum Gasteiger partial charge on any atom is -0.449 e. The largest absolute Gasteiger partial charge is 0.449 e. The van der Waals surface area contributed by atoms with E-state index in [0.717, 1.165) is 24.0 Å². The van der Waals surface area contributed by atoms with Crippen LogP contribution in [0.5, 0.6) is 0 Å². The maximum Gasteiger partial charge on any atom is 0.339 e. The van der Waals surface area contributed by atoms with Gasteiger partial charge in [-0.2, -0.15) is 0 Å². The highest BCUT2D eigenvalue weighted by atomic mass is 16.6. The van der Waals surface area contributed by atoms with Crippen LogP contribution in [0.4, 0.5) is 17.1 Å². The van der Waals surface area contributed by atoms with E-state index in [-0.39, 0.29) is 17.3 Å². The van der Waals surface area contributed by atoms with Crippen LogP contribution in [-0.2, 0) is 9.53 Å². The summed E-state index contributed by atoms with van der Waals surface area (Å²) in [6.45, 7) is 5.23. The molecule has 1 aliphatic rings. The number of amides is 1. The van der Waals surface area contributed by atoms with Crippen molar-refractivity contribution in [3.05, 3.63) is 63.2 Å². The number of aryl methyl sites for hydroxylation is 2. The number of hydrogen-bond acceptors (Lipinski definition) is 6. The van der Waals surface area contributed by atoms with Crippen molar-refractivity contribution < 1.29 is 19.2 Å². The standard InChI is InChI=1S/C21H23N3O5/c1-12-4-5-13(2)18(10-12)23-20(25)14(3)29-21(26)15-6-9-17(22-16-7-8-16)19(11-15)24(27)28/h4-6,9-11,14,16,22H,7-8H2,1-3H3,(H,23,25)/t14-/m0/s1. The number of benzene rings is 2. The van der Waals surface area contributed by atoms with Crippen molar-refractivity contribution in [2.45, 2.75) is 45.8 Å². The molecule has 0 aromatic heterocycles. The SMILES string of the molecule is Cc1ccc(C)c(NC(=O)[C@H](C)OC(=O)c2ccc(NC3CC3)c([N+](=O)[O-])c2)c1. The normalized spacial score (nSPS) is 14.0. The molecule has 0 saturated heterocycles. The highest BCUT2D eigenvalue weighted by Gasteiger charge is 2.26. The Kier molecular flexibility index (Phi) is 5.81. The highest BCUT2D eigenvalue weighted by Crippen LogP contribution is 2.31. The summed E-state index contributed by atoms with van der Waals surface area (Å²) >= 11 is 0. The Morgan fingerprint density at radius 1 is 1.14 bits per heavy atom. The Morgan fingerprint density at radius 2 is 1.86 bits per heavy atom. The molecular weight excluding hydrogens is 374 g/mol. The molecule has 0 radical (unpaired) electrons. The molecule has 8 nitrogen and oxygen atoms in total. The van der Waals surface area contributed by atoms with Crippen LogP contribution in [0, 0.1) is 24.0 Å². The topological polar surface area (TPSA) is 111 Å². The van der Waals surface area contributed by atoms with Gasteiger partial charge in [0.2, 0.25) is 0 Å². The van der Waals surface area contributed by atoms with Crippen molar-refractivity contribution in [3.63, 3.8) is 0 Å². The Morgan fingerprint density at radius 3 is 2.52 bits per heavy atom. The Labute approximate surface area is 168 Å². The van der Waals surface area contributed by atoms with Gasteiger partial charge in [-0.15, -0.1) is 0 Å². The van der Waals surface area contributed by atoms with Gasteiger partial charge in [-0.3, -0.25) is 14.9 Å².